The molecule has 0 saturated carbocycles. The fourth-order valence-electron chi connectivity index (χ4n) is 2.87. The predicted octanol–water partition coefficient (Wildman–Crippen LogP) is 1.42. The third-order valence-corrected chi connectivity index (χ3v) is 4.56. The van der Waals surface area contributed by atoms with Gasteiger partial charge in [-0.05, 0) is 67.3 Å². The molecule has 0 amide bonds. The topological polar surface area (TPSA) is 27.7 Å². The van der Waals surface area contributed by atoms with Crippen LogP contribution in [0.4, 0.5) is 0 Å². The molecule has 1 fully saturated rings. The van der Waals surface area contributed by atoms with E-state index in [2.05, 4.69) is 50.1 Å². The number of likely N-dealkylation sites (N-methyl/N-ethyl adjacent to an activating group) is 3. The molecule has 19 heavy (non-hydrogen) atoms. The maximum Gasteiger partial charge on any atom is 0.0623 e. The number of methoxy groups -OCH3 is 1. The summed E-state index contributed by atoms with van der Waals surface area (Å²) in [5.41, 5.74) is -0.0235. The van der Waals surface area contributed by atoms with Crippen LogP contribution in [0.15, 0.2) is 0 Å². The third-order valence-electron chi connectivity index (χ3n) is 4.56. The highest BCUT2D eigenvalue weighted by molar-refractivity contribution is 4.88. The Kier molecular flexibility index (Phi) is 6.74. The molecule has 1 heterocycles. The first-order valence-electron chi connectivity index (χ1n) is 7.51. The van der Waals surface area contributed by atoms with Gasteiger partial charge in [0.15, 0.2) is 0 Å². The Bertz CT molecular complexity index is 258. The predicted molar refractivity (Wildman–Crippen MR) is 81.7 cm³/mol. The molecule has 1 rings (SSSR count). The largest absolute Gasteiger partial charge is 0.379 e. The standard InChI is InChI=1S/C15H33N3O/c1-15(2,19-6)9-8-13(16-3)14-12-17(4)10-7-11-18(14)5/h13-14,16H,7-12H2,1-6H3. The van der Waals surface area contributed by atoms with Gasteiger partial charge in [-0.2, -0.15) is 0 Å². The summed E-state index contributed by atoms with van der Waals surface area (Å²) in [6.45, 7) is 7.89. The van der Waals surface area contributed by atoms with Gasteiger partial charge in [0.25, 0.3) is 0 Å². The Morgan fingerprint density at radius 2 is 2.00 bits per heavy atom. The second kappa shape index (κ2) is 7.58. The van der Waals surface area contributed by atoms with Gasteiger partial charge in [0.2, 0.25) is 0 Å². The smallest absolute Gasteiger partial charge is 0.0623 e. The molecule has 0 radical (unpaired) electrons. The summed E-state index contributed by atoms with van der Waals surface area (Å²) in [6, 6.07) is 1.12. The van der Waals surface area contributed by atoms with Crippen LogP contribution >= 0.6 is 0 Å². The van der Waals surface area contributed by atoms with E-state index in [-0.39, 0.29) is 5.60 Å². The maximum absolute atomic E-state index is 5.54. The van der Waals surface area contributed by atoms with E-state index in [1.807, 2.05) is 0 Å². The van der Waals surface area contributed by atoms with E-state index in [0.717, 1.165) is 19.4 Å². The van der Waals surface area contributed by atoms with E-state index in [9.17, 15) is 0 Å². The normalized spacial score (nSPS) is 25.3. The van der Waals surface area contributed by atoms with Crippen molar-refractivity contribution in [1.29, 1.82) is 0 Å². The average Bonchev–Trinajstić information content (AvgIpc) is 2.53. The van der Waals surface area contributed by atoms with E-state index in [4.69, 9.17) is 4.74 Å². The van der Waals surface area contributed by atoms with Crippen LogP contribution in [0.2, 0.25) is 0 Å². The molecule has 0 spiro atoms. The molecule has 2 unspecified atom stereocenters. The fraction of sp³-hybridized carbons (Fsp3) is 1.00. The molecule has 0 aliphatic carbocycles. The lowest BCUT2D eigenvalue weighted by molar-refractivity contribution is 0.00908. The van der Waals surface area contributed by atoms with Gasteiger partial charge in [0.1, 0.15) is 0 Å². The van der Waals surface area contributed by atoms with Crippen LogP contribution in [0.3, 0.4) is 0 Å². The van der Waals surface area contributed by atoms with Crippen LogP contribution in [-0.4, -0.2) is 75.4 Å². The highest BCUT2D eigenvalue weighted by Crippen LogP contribution is 2.20. The van der Waals surface area contributed by atoms with Crippen molar-refractivity contribution in [2.45, 2.75) is 50.8 Å². The fourth-order valence-corrected chi connectivity index (χ4v) is 2.87. The zero-order valence-electron chi connectivity index (χ0n) is 13.7. The summed E-state index contributed by atoms with van der Waals surface area (Å²) in [6.07, 6.45) is 3.51. The van der Waals surface area contributed by atoms with Gasteiger partial charge in [-0.15, -0.1) is 0 Å². The van der Waals surface area contributed by atoms with Crippen molar-refractivity contribution in [3.8, 4) is 0 Å². The number of hydrogen-bond acceptors (Lipinski definition) is 4. The van der Waals surface area contributed by atoms with Crippen molar-refractivity contribution >= 4 is 0 Å². The van der Waals surface area contributed by atoms with E-state index < -0.39 is 0 Å². The van der Waals surface area contributed by atoms with E-state index in [1.54, 1.807) is 7.11 Å². The first-order chi connectivity index (χ1) is 8.89. The number of nitrogens with one attached hydrogen (secondary N) is 1. The molecule has 4 nitrogen and oxygen atoms in total. The Morgan fingerprint density at radius 1 is 1.32 bits per heavy atom. The van der Waals surface area contributed by atoms with Crippen LogP contribution < -0.4 is 5.32 Å². The monoisotopic (exact) mass is 271 g/mol. The molecule has 114 valence electrons. The number of hydrogen-bond donors (Lipinski definition) is 1. The van der Waals surface area contributed by atoms with Crippen molar-refractivity contribution in [2.75, 3.05) is 47.9 Å². The van der Waals surface area contributed by atoms with E-state index >= 15 is 0 Å². The van der Waals surface area contributed by atoms with Gasteiger partial charge in [-0.1, -0.05) is 0 Å². The minimum atomic E-state index is -0.0235. The SMILES string of the molecule is CNC(CCC(C)(C)OC)C1CN(C)CCCN1C. The molecule has 4 heteroatoms. The van der Waals surface area contributed by atoms with Gasteiger partial charge in [-0.3, -0.25) is 0 Å². The maximum atomic E-state index is 5.54. The molecule has 1 aliphatic rings. The highest BCUT2D eigenvalue weighted by atomic mass is 16.5. The van der Waals surface area contributed by atoms with Gasteiger partial charge < -0.3 is 19.9 Å². The number of rotatable bonds is 6. The van der Waals surface area contributed by atoms with Crippen LogP contribution in [-0.2, 0) is 4.74 Å². The van der Waals surface area contributed by atoms with E-state index in [0.29, 0.717) is 12.1 Å². The summed E-state index contributed by atoms with van der Waals surface area (Å²) < 4.78 is 5.54. The molecule has 0 aromatic rings. The Balaban J connectivity index is 2.61. The second-order valence-corrected chi connectivity index (χ2v) is 6.56. The summed E-state index contributed by atoms with van der Waals surface area (Å²) in [4.78, 5) is 4.98. The quantitative estimate of drug-likeness (QED) is 0.791. The van der Waals surface area contributed by atoms with Crippen molar-refractivity contribution in [1.82, 2.24) is 15.1 Å². The number of ether oxygens (including phenoxy) is 1. The summed E-state index contributed by atoms with van der Waals surface area (Å²) in [7, 11) is 8.39. The average molecular weight is 271 g/mol. The van der Waals surface area contributed by atoms with E-state index in [1.165, 1.54) is 19.5 Å². The molecule has 1 saturated heterocycles. The Morgan fingerprint density at radius 3 is 2.58 bits per heavy atom. The van der Waals surface area contributed by atoms with Gasteiger partial charge in [0, 0.05) is 25.7 Å². The third kappa shape index (κ3) is 5.38. The summed E-state index contributed by atoms with van der Waals surface area (Å²) in [5, 5.41) is 3.52. The van der Waals surface area contributed by atoms with Crippen LogP contribution in [0.5, 0.6) is 0 Å². The molecule has 0 aromatic heterocycles. The zero-order chi connectivity index (χ0) is 14.5. The summed E-state index contributed by atoms with van der Waals surface area (Å²) >= 11 is 0. The molecule has 1 aliphatic heterocycles. The van der Waals surface area contributed by atoms with Gasteiger partial charge in [-0.25, -0.2) is 0 Å². The first-order valence-corrected chi connectivity index (χ1v) is 7.51. The van der Waals surface area contributed by atoms with Crippen LogP contribution in [0.1, 0.15) is 33.1 Å². The van der Waals surface area contributed by atoms with Crippen LogP contribution in [0, 0.1) is 0 Å². The van der Waals surface area contributed by atoms with Gasteiger partial charge in [0.05, 0.1) is 5.60 Å². The lowest BCUT2D eigenvalue weighted by Crippen LogP contribution is -2.51. The molecular formula is C15H33N3O. The minimum Gasteiger partial charge on any atom is -0.379 e. The van der Waals surface area contributed by atoms with Crippen molar-refractivity contribution in [2.24, 2.45) is 0 Å². The Hall–Kier alpha value is -0.160. The summed E-state index contributed by atoms with van der Waals surface area (Å²) in [5.74, 6) is 0. The van der Waals surface area contributed by atoms with Crippen molar-refractivity contribution < 1.29 is 4.74 Å². The molecule has 2 atom stereocenters. The second-order valence-electron chi connectivity index (χ2n) is 6.56. The lowest BCUT2D eigenvalue weighted by atomic mass is 9.94. The zero-order valence-corrected chi connectivity index (χ0v) is 13.7. The van der Waals surface area contributed by atoms with Crippen LogP contribution in [0.25, 0.3) is 0 Å². The molecular weight excluding hydrogens is 238 g/mol. The molecule has 0 bridgehead atoms. The molecule has 0 aromatic carbocycles. The van der Waals surface area contributed by atoms with Crippen molar-refractivity contribution in [3.63, 3.8) is 0 Å². The van der Waals surface area contributed by atoms with Gasteiger partial charge >= 0.3 is 0 Å². The molecule has 1 N–H and O–H groups in total. The number of nitrogens with zero attached hydrogens (tertiary/aromatic N) is 2. The lowest BCUT2D eigenvalue weighted by Gasteiger charge is -2.36. The first kappa shape index (κ1) is 16.9. The Labute approximate surface area is 119 Å². The highest BCUT2D eigenvalue weighted by Gasteiger charge is 2.29. The van der Waals surface area contributed by atoms with Crippen molar-refractivity contribution in [3.05, 3.63) is 0 Å². The minimum absolute atomic E-state index is 0.0235.